The molecule has 0 aromatic carbocycles. The van der Waals surface area contributed by atoms with Gasteiger partial charge in [-0.1, -0.05) is 6.42 Å². The number of nitrogens with one attached hydrogen (secondary N) is 1. The third-order valence-electron chi connectivity index (χ3n) is 1.97. The molecule has 4 nitrogen and oxygen atoms in total. The maximum atomic E-state index is 11.4. The second-order valence-corrected chi connectivity index (χ2v) is 4.30. The van der Waals surface area contributed by atoms with E-state index in [1.807, 2.05) is 12.3 Å². The van der Waals surface area contributed by atoms with Crippen LogP contribution in [0.5, 0.6) is 0 Å². The van der Waals surface area contributed by atoms with Crippen molar-refractivity contribution in [1.82, 2.24) is 4.98 Å². The number of rotatable bonds is 6. The van der Waals surface area contributed by atoms with Crippen LogP contribution in [0.3, 0.4) is 0 Å². The van der Waals surface area contributed by atoms with Crippen molar-refractivity contribution >= 4 is 22.4 Å². The van der Waals surface area contributed by atoms with Crippen LogP contribution in [0.2, 0.25) is 0 Å². The number of aromatic nitrogens is 1. The maximum absolute atomic E-state index is 11.4. The van der Waals surface area contributed by atoms with Crippen molar-refractivity contribution in [1.29, 1.82) is 0 Å². The molecule has 1 rings (SSSR count). The molecule has 3 N–H and O–H groups in total. The van der Waals surface area contributed by atoms with Crippen LogP contribution in [-0.4, -0.2) is 17.4 Å². The fourth-order valence-corrected chi connectivity index (χ4v) is 1.90. The molecule has 1 amide bonds. The lowest BCUT2D eigenvalue weighted by atomic mass is 10.2. The molecular formula is C10H17N3OS. The lowest BCUT2D eigenvalue weighted by molar-refractivity contribution is -0.116. The van der Waals surface area contributed by atoms with Gasteiger partial charge in [0.1, 0.15) is 0 Å². The van der Waals surface area contributed by atoms with Crippen LogP contribution in [0.25, 0.3) is 0 Å². The number of hydrogen-bond acceptors (Lipinski definition) is 4. The molecule has 15 heavy (non-hydrogen) atoms. The van der Waals surface area contributed by atoms with E-state index >= 15 is 0 Å². The lowest BCUT2D eigenvalue weighted by Crippen LogP contribution is -2.11. The van der Waals surface area contributed by atoms with E-state index in [4.69, 9.17) is 5.73 Å². The van der Waals surface area contributed by atoms with Crippen molar-refractivity contribution in [2.75, 3.05) is 11.9 Å². The van der Waals surface area contributed by atoms with Crippen LogP contribution < -0.4 is 11.1 Å². The van der Waals surface area contributed by atoms with Crippen LogP contribution in [0, 0.1) is 6.92 Å². The molecule has 0 radical (unpaired) electrons. The first-order chi connectivity index (χ1) is 7.22. The Kier molecular flexibility index (Phi) is 5.28. The molecule has 0 saturated heterocycles. The SMILES string of the molecule is Cc1csc(NC(=O)CCCCCN)n1. The first-order valence-electron chi connectivity index (χ1n) is 5.14. The van der Waals surface area contributed by atoms with Crippen LogP contribution >= 0.6 is 11.3 Å². The molecule has 0 aliphatic carbocycles. The molecule has 0 atom stereocenters. The van der Waals surface area contributed by atoms with Gasteiger partial charge in [-0.15, -0.1) is 11.3 Å². The summed E-state index contributed by atoms with van der Waals surface area (Å²) in [6.07, 6.45) is 3.45. The van der Waals surface area contributed by atoms with Crippen molar-refractivity contribution in [3.8, 4) is 0 Å². The van der Waals surface area contributed by atoms with E-state index in [-0.39, 0.29) is 5.91 Å². The van der Waals surface area contributed by atoms with Gasteiger partial charge in [0.2, 0.25) is 5.91 Å². The molecule has 0 aliphatic heterocycles. The highest BCUT2D eigenvalue weighted by atomic mass is 32.1. The van der Waals surface area contributed by atoms with E-state index in [2.05, 4.69) is 10.3 Å². The zero-order valence-electron chi connectivity index (χ0n) is 8.95. The predicted molar refractivity (Wildman–Crippen MR) is 63.0 cm³/mol. The molecule has 0 saturated carbocycles. The number of nitrogens with zero attached hydrogens (tertiary/aromatic N) is 1. The molecule has 0 unspecified atom stereocenters. The third-order valence-corrected chi connectivity index (χ3v) is 2.85. The van der Waals surface area contributed by atoms with Gasteiger partial charge in [-0.25, -0.2) is 4.98 Å². The second kappa shape index (κ2) is 6.53. The topological polar surface area (TPSA) is 68.0 Å². The fraction of sp³-hybridized carbons (Fsp3) is 0.600. The number of carbonyl (C=O) groups excluding carboxylic acids is 1. The minimum absolute atomic E-state index is 0.0429. The summed E-state index contributed by atoms with van der Waals surface area (Å²) in [5.74, 6) is 0.0429. The monoisotopic (exact) mass is 227 g/mol. The van der Waals surface area contributed by atoms with Crippen molar-refractivity contribution in [3.63, 3.8) is 0 Å². The molecule has 0 bridgehead atoms. The summed E-state index contributed by atoms with van der Waals surface area (Å²) in [5, 5.41) is 5.39. The number of carbonyl (C=O) groups is 1. The van der Waals surface area contributed by atoms with Gasteiger partial charge < -0.3 is 11.1 Å². The summed E-state index contributed by atoms with van der Waals surface area (Å²) in [5.41, 5.74) is 6.31. The normalized spacial score (nSPS) is 10.3. The summed E-state index contributed by atoms with van der Waals surface area (Å²) in [6.45, 7) is 2.61. The minimum Gasteiger partial charge on any atom is -0.330 e. The zero-order chi connectivity index (χ0) is 11.1. The molecule has 5 heteroatoms. The molecule has 0 fully saturated rings. The first kappa shape index (κ1) is 12.1. The van der Waals surface area contributed by atoms with Gasteiger partial charge in [0.15, 0.2) is 5.13 Å². The first-order valence-corrected chi connectivity index (χ1v) is 6.02. The number of anilines is 1. The Bertz CT molecular complexity index is 311. The molecule has 1 aromatic rings. The zero-order valence-corrected chi connectivity index (χ0v) is 9.77. The van der Waals surface area contributed by atoms with Crippen molar-refractivity contribution in [2.45, 2.75) is 32.6 Å². The Balaban J connectivity index is 2.18. The Morgan fingerprint density at radius 3 is 2.93 bits per heavy atom. The molecule has 1 heterocycles. The Hall–Kier alpha value is -0.940. The Morgan fingerprint density at radius 1 is 1.53 bits per heavy atom. The van der Waals surface area contributed by atoms with E-state index in [0.717, 1.165) is 25.0 Å². The van der Waals surface area contributed by atoms with Crippen LogP contribution in [0.1, 0.15) is 31.4 Å². The van der Waals surface area contributed by atoms with Gasteiger partial charge in [-0.05, 0) is 26.3 Å². The number of amides is 1. The predicted octanol–water partition coefficient (Wildman–Crippen LogP) is 1.91. The number of unbranched alkanes of at least 4 members (excludes halogenated alkanes) is 2. The summed E-state index contributed by atoms with van der Waals surface area (Å²) in [4.78, 5) is 15.6. The van der Waals surface area contributed by atoms with Crippen LogP contribution in [0.4, 0.5) is 5.13 Å². The lowest BCUT2D eigenvalue weighted by Gasteiger charge is -2.00. The van der Waals surface area contributed by atoms with Gasteiger partial charge in [0, 0.05) is 11.8 Å². The van der Waals surface area contributed by atoms with Crippen molar-refractivity contribution in [2.24, 2.45) is 5.73 Å². The average molecular weight is 227 g/mol. The number of aryl methyl sites for hydroxylation is 1. The molecular weight excluding hydrogens is 210 g/mol. The van der Waals surface area contributed by atoms with Gasteiger partial charge in [0.25, 0.3) is 0 Å². The van der Waals surface area contributed by atoms with Gasteiger partial charge in [-0.3, -0.25) is 4.79 Å². The maximum Gasteiger partial charge on any atom is 0.226 e. The smallest absolute Gasteiger partial charge is 0.226 e. The van der Waals surface area contributed by atoms with Gasteiger partial charge in [-0.2, -0.15) is 0 Å². The minimum atomic E-state index is 0.0429. The largest absolute Gasteiger partial charge is 0.330 e. The molecule has 0 aliphatic rings. The van der Waals surface area contributed by atoms with E-state index in [1.165, 1.54) is 11.3 Å². The van der Waals surface area contributed by atoms with Gasteiger partial charge >= 0.3 is 0 Å². The summed E-state index contributed by atoms with van der Waals surface area (Å²) in [6, 6.07) is 0. The standard InChI is InChI=1S/C10H17N3OS/c1-8-7-15-10(12-8)13-9(14)5-3-2-4-6-11/h7H,2-6,11H2,1H3,(H,12,13,14). The fourth-order valence-electron chi connectivity index (χ4n) is 1.20. The molecule has 1 aromatic heterocycles. The van der Waals surface area contributed by atoms with E-state index < -0.39 is 0 Å². The van der Waals surface area contributed by atoms with Crippen molar-refractivity contribution < 1.29 is 4.79 Å². The van der Waals surface area contributed by atoms with Crippen LogP contribution in [0.15, 0.2) is 5.38 Å². The number of nitrogens with two attached hydrogens (primary N) is 1. The number of thiazole rings is 1. The summed E-state index contributed by atoms with van der Waals surface area (Å²) >= 11 is 1.46. The summed E-state index contributed by atoms with van der Waals surface area (Å²) < 4.78 is 0. The van der Waals surface area contributed by atoms with E-state index in [0.29, 0.717) is 18.1 Å². The summed E-state index contributed by atoms with van der Waals surface area (Å²) in [7, 11) is 0. The second-order valence-electron chi connectivity index (χ2n) is 3.44. The quantitative estimate of drug-likeness (QED) is 0.729. The highest BCUT2D eigenvalue weighted by Crippen LogP contribution is 2.14. The Labute approximate surface area is 93.9 Å². The third kappa shape index (κ3) is 4.90. The van der Waals surface area contributed by atoms with Crippen molar-refractivity contribution in [3.05, 3.63) is 11.1 Å². The highest BCUT2D eigenvalue weighted by Gasteiger charge is 2.04. The highest BCUT2D eigenvalue weighted by molar-refractivity contribution is 7.13. The van der Waals surface area contributed by atoms with E-state index in [9.17, 15) is 4.79 Å². The van der Waals surface area contributed by atoms with E-state index in [1.54, 1.807) is 0 Å². The molecule has 84 valence electrons. The molecule has 0 spiro atoms. The van der Waals surface area contributed by atoms with Gasteiger partial charge in [0.05, 0.1) is 5.69 Å². The average Bonchev–Trinajstić information content (AvgIpc) is 2.59. The number of hydrogen-bond donors (Lipinski definition) is 2. The van der Waals surface area contributed by atoms with Crippen LogP contribution in [-0.2, 0) is 4.79 Å². The Morgan fingerprint density at radius 2 is 2.33 bits per heavy atom.